The number of nitrogens with one attached hydrogen (secondary N) is 2. The maximum Gasteiger partial charge on any atom is 0.436 e. The summed E-state index contributed by atoms with van der Waals surface area (Å²) >= 11 is 0. The van der Waals surface area contributed by atoms with Gasteiger partial charge in [-0.25, -0.2) is 19.2 Å². The van der Waals surface area contributed by atoms with Crippen LogP contribution < -0.4 is 10.6 Å². The number of fused-ring (bicyclic) bond motifs is 3. The number of amidine groups is 1. The van der Waals surface area contributed by atoms with Crippen LogP contribution in [0.1, 0.15) is 69.7 Å². The largest absolute Gasteiger partial charge is 0.480 e. The molecule has 11 nitrogen and oxygen atoms in total. The Bertz CT molecular complexity index is 1590. The van der Waals surface area contributed by atoms with Gasteiger partial charge in [0.25, 0.3) is 0 Å². The molecule has 1 atom stereocenters. The van der Waals surface area contributed by atoms with Gasteiger partial charge in [-0.1, -0.05) is 72.8 Å². The molecule has 0 heterocycles. The van der Waals surface area contributed by atoms with Crippen molar-refractivity contribution in [3.05, 3.63) is 95.1 Å². The van der Waals surface area contributed by atoms with E-state index < -0.39 is 41.5 Å². The maximum atomic E-state index is 12.8. The Morgan fingerprint density at radius 2 is 1.33 bits per heavy atom. The van der Waals surface area contributed by atoms with Crippen molar-refractivity contribution < 1.29 is 38.5 Å². The SMILES string of the molecule is CC(C)(C)OC(=O)N=C(NC(=O)OC(C)(C)C)c1ccc(CC(NC(=O)OCC2c3ccccc3-c3ccccc32)C(=O)O)cc1. The number of aliphatic carboxylic acids is 1. The minimum absolute atomic E-state index is 0.0469. The van der Waals surface area contributed by atoms with Crippen LogP contribution in [-0.4, -0.2) is 59.0 Å². The zero-order valence-electron chi connectivity index (χ0n) is 26.7. The van der Waals surface area contributed by atoms with Gasteiger partial charge in [0.15, 0.2) is 0 Å². The first-order valence-electron chi connectivity index (χ1n) is 14.8. The molecule has 0 spiro atoms. The molecule has 0 radical (unpaired) electrons. The number of aliphatic imine (C=N–C) groups is 1. The average molecular weight is 630 g/mol. The maximum absolute atomic E-state index is 12.8. The Labute approximate surface area is 268 Å². The standard InChI is InChI=1S/C35H39N3O8/c1-34(2,3)45-32(42)37-29(38-33(43)46-35(4,5)6)22-17-15-21(16-18-22)19-28(30(39)40)36-31(41)44-20-27-25-13-9-7-11-23(25)24-12-8-10-14-26(24)27/h7-18,27-28H,19-20H2,1-6H3,(H,36,41)(H,39,40)(H,37,38,42,43). The van der Waals surface area contributed by atoms with Gasteiger partial charge < -0.3 is 24.6 Å². The molecule has 3 aromatic carbocycles. The van der Waals surface area contributed by atoms with Crippen molar-refractivity contribution in [2.45, 2.75) is 71.1 Å². The van der Waals surface area contributed by atoms with Gasteiger partial charge in [0.1, 0.15) is 29.7 Å². The van der Waals surface area contributed by atoms with Crippen molar-refractivity contribution in [2.75, 3.05) is 6.61 Å². The van der Waals surface area contributed by atoms with Crippen LogP contribution in [0.15, 0.2) is 77.8 Å². The first-order chi connectivity index (χ1) is 21.6. The fourth-order valence-corrected chi connectivity index (χ4v) is 4.96. The molecule has 0 saturated heterocycles. The summed E-state index contributed by atoms with van der Waals surface area (Å²) in [4.78, 5) is 53.7. The van der Waals surface area contributed by atoms with Gasteiger partial charge in [-0.2, -0.15) is 4.99 Å². The molecule has 4 rings (SSSR count). The summed E-state index contributed by atoms with van der Waals surface area (Å²) < 4.78 is 16.1. The lowest BCUT2D eigenvalue weighted by Crippen LogP contribution is -2.43. The van der Waals surface area contributed by atoms with E-state index in [9.17, 15) is 24.3 Å². The predicted octanol–water partition coefficient (Wildman–Crippen LogP) is 6.43. The van der Waals surface area contributed by atoms with Crippen LogP contribution in [0, 0.1) is 0 Å². The molecule has 3 N–H and O–H groups in total. The second kappa shape index (κ2) is 13.8. The number of ether oxygens (including phenoxy) is 3. The zero-order valence-corrected chi connectivity index (χ0v) is 26.7. The topological polar surface area (TPSA) is 153 Å². The summed E-state index contributed by atoms with van der Waals surface area (Å²) in [5, 5.41) is 14.8. The Hall–Kier alpha value is -5.19. The number of carbonyl (C=O) groups excluding carboxylic acids is 3. The lowest BCUT2D eigenvalue weighted by atomic mass is 9.98. The molecule has 3 amide bonds. The van der Waals surface area contributed by atoms with Crippen LogP contribution in [0.2, 0.25) is 0 Å². The van der Waals surface area contributed by atoms with E-state index in [2.05, 4.69) is 15.6 Å². The van der Waals surface area contributed by atoms with E-state index in [1.54, 1.807) is 65.8 Å². The Morgan fingerprint density at radius 3 is 1.85 bits per heavy atom. The third kappa shape index (κ3) is 9.16. The highest BCUT2D eigenvalue weighted by molar-refractivity contribution is 6.10. The van der Waals surface area contributed by atoms with E-state index >= 15 is 0 Å². The lowest BCUT2D eigenvalue weighted by Gasteiger charge is -2.21. The highest BCUT2D eigenvalue weighted by Crippen LogP contribution is 2.44. The van der Waals surface area contributed by atoms with Gasteiger partial charge in [0.05, 0.1) is 0 Å². The number of rotatable bonds is 7. The molecule has 0 saturated carbocycles. The lowest BCUT2D eigenvalue weighted by molar-refractivity contribution is -0.139. The van der Waals surface area contributed by atoms with E-state index in [1.807, 2.05) is 48.5 Å². The number of carboxylic acid groups (broad SMARTS) is 1. The number of amides is 3. The van der Waals surface area contributed by atoms with Gasteiger partial charge in [-0.15, -0.1) is 0 Å². The number of alkyl carbamates (subject to hydrolysis) is 2. The predicted molar refractivity (Wildman–Crippen MR) is 172 cm³/mol. The molecular weight excluding hydrogens is 590 g/mol. The van der Waals surface area contributed by atoms with Gasteiger partial charge in [-0.05, 0) is 69.4 Å². The summed E-state index contributed by atoms with van der Waals surface area (Å²) in [6.45, 7) is 10.2. The Kier molecular flexibility index (Phi) is 10.1. The number of benzene rings is 3. The normalized spacial score (nSPS) is 13.6. The van der Waals surface area contributed by atoms with Crippen LogP contribution in [0.3, 0.4) is 0 Å². The van der Waals surface area contributed by atoms with Crippen LogP contribution in [0.25, 0.3) is 11.1 Å². The number of hydrogen-bond acceptors (Lipinski definition) is 7. The third-order valence-electron chi connectivity index (χ3n) is 6.82. The van der Waals surface area contributed by atoms with Crippen LogP contribution >= 0.6 is 0 Å². The van der Waals surface area contributed by atoms with E-state index in [0.29, 0.717) is 11.1 Å². The van der Waals surface area contributed by atoms with Crippen molar-refractivity contribution >= 4 is 30.1 Å². The fourth-order valence-electron chi connectivity index (χ4n) is 4.96. The molecule has 3 aromatic rings. The molecule has 11 heteroatoms. The smallest absolute Gasteiger partial charge is 0.436 e. The highest BCUT2D eigenvalue weighted by atomic mass is 16.6. The molecule has 0 aliphatic heterocycles. The molecular formula is C35H39N3O8. The van der Waals surface area contributed by atoms with Crippen LogP contribution in [0.4, 0.5) is 14.4 Å². The van der Waals surface area contributed by atoms with Crippen LogP contribution in [-0.2, 0) is 25.4 Å². The summed E-state index contributed by atoms with van der Waals surface area (Å²) in [6.07, 6.45) is -2.64. The molecule has 0 aromatic heterocycles. The van der Waals surface area contributed by atoms with Gasteiger partial charge in [-0.3, -0.25) is 5.32 Å². The number of carbonyl (C=O) groups is 4. The van der Waals surface area contributed by atoms with E-state index in [-0.39, 0.29) is 24.8 Å². The minimum atomic E-state index is -1.28. The highest BCUT2D eigenvalue weighted by Gasteiger charge is 2.30. The van der Waals surface area contributed by atoms with E-state index in [1.165, 1.54) is 0 Å². The molecule has 0 fully saturated rings. The molecule has 1 unspecified atom stereocenters. The van der Waals surface area contributed by atoms with Gasteiger partial charge >= 0.3 is 24.2 Å². The molecule has 1 aliphatic carbocycles. The quantitative estimate of drug-likeness (QED) is 0.154. The van der Waals surface area contributed by atoms with Crippen molar-refractivity contribution in [1.29, 1.82) is 0 Å². The number of carboxylic acids is 1. The van der Waals surface area contributed by atoms with Gasteiger partial charge in [0, 0.05) is 17.9 Å². The molecule has 46 heavy (non-hydrogen) atoms. The molecule has 1 aliphatic rings. The average Bonchev–Trinajstić information content (AvgIpc) is 3.27. The van der Waals surface area contributed by atoms with Crippen molar-refractivity contribution in [1.82, 2.24) is 10.6 Å². The minimum Gasteiger partial charge on any atom is -0.480 e. The van der Waals surface area contributed by atoms with Crippen molar-refractivity contribution in [3.8, 4) is 11.1 Å². The zero-order chi connectivity index (χ0) is 33.6. The molecule has 242 valence electrons. The second-order valence-electron chi connectivity index (χ2n) is 12.8. The number of nitrogens with zero attached hydrogens (tertiary/aromatic N) is 1. The Morgan fingerprint density at radius 1 is 0.783 bits per heavy atom. The third-order valence-corrected chi connectivity index (χ3v) is 6.82. The van der Waals surface area contributed by atoms with E-state index in [4.69, 9.17) is 14.2 Å². The van der Waals surface area contributed by atoms with Gasteiger partial charge in [0.2, 0.25) is 0 Å². The summed E-state index contributed by atoms with van der Waals surface area (Å²) in [5.74, 6) is -1.52. The first-order valence-corrected chi connectivity index (χ1v) is 14.8. The number of hydrogen-bond donors (Lipinski definition) is 3. The fraction of sp³-hybridized carbons (Fsp3) is 0.343. The first kappa shape index (κ1) is 33.7. The van der Waals surface area contributed by atoms with Crippen molar-refractivity contribution in [2.24, 2.45) is 4.99 Å². The second-order valence-corrected chi connectivity index (χ2v) is 12.8. The summed E-state index contributed by atoms with van der Waals surface area (Å²) in [6, 6.07) is 20.9. The van der Waals surface area contributed by atoms with Crippen LogP contribution in [0.5, 0.6) is 0 Å². The monoisotopic (exact) mass is 629 g/mol. The van der Waals surface area contributed by atoms with Crippen molar-refractivity contribution in [3.63, 3.8) is 0 Å². The summed E-state index contributed by atoms with van der Waals surface area (Å²) in [5.41, 5.74) is 3.55. The molecule has 0 bridgehead atoms. The van der Waals surface area contributed by atoms with E-state index in [0.717, 1.165) is 22.3 Å². The Balaban J connectivity index is 1.43. The summed E-state index contributed by atoms with van der Waals surface area (Å²) in [7, 11) is 0.